The van der Waals surface area contributed by atoms with Crippen LogP contribution in [0.1, 0.15) is 30.0 Å². The fourth-order valence-electron chi connectivity index (χ4n) is 2.75. The van der Waals surface area contributed by atoms with E-state index >= 15 is 0 Å². The van der Waals surface area contributed by atoms with Crippen molar-refractivity contribution in [3.8, 4) is 6.07 Å². The summed E-state index contributed by atoms with van der Waals surface area (Å²) in [5, 5.41) is 8.98. The Balaban J connectivity index is 1.94. The van der Waals surface area contributed by atoms with Crippen molar-refractivity contribution in [1.82, 2.24) is 4.98 Å². The van der Waals surface area contributed by atoms with Gasteiger partial charge in [-0.15, -0.1) is 0 Å². The van der Waals surface area contributed by atoms with E-state index in [-0.39, 0.29) is 11.9 Å². The van der Waals surface area contributed by atoms with Crippen LogP contribution in [-0.2, 0) is 0 Å². The molecule has 100 valence electrons. The highest BCUT2D eigenvalue weighted by Gasteiger charge is 2.27. The van der Waals surface area contributed by atoms with Crippen LogP contribution in [0.3, 0.4) is 0 Å². The van der Waals surface area contributed by atoms with Gasteiger partial charge in [0.25, 0.3) is 0 Å². The monoisotopic (exact) mass is 267 g/mol. The molecule has 2 aromatic rings. The van der Waals surface area contributed by atoms with E-state index in [0.29, 0.717) is 5.56 Å². The van der Waals surface area contributed by atoms with Crippen molar-refractivity contribution < 1.29 is 4.39 Å². The van der Waals surface area contributed by atoms with E-state index in [1.54, 1.807) is 30.5 Å². The maximum Gasteiger partial charge on any atom is 0.130 e. The summed E-state index contributed by atoms with van der Waals surface area (Å²) in [6.45, 7) is 0.878. The van der Waals surface area contributed by atoms with Gasteiger partial charge in [-0.2, -0.15) is 5.26 Å². The SMILES string of the molecule is N#Cc1ccnc(N2CCCC2c2cccc(F)c2)c1. The number of benzene rings is 1. The van der Waals surface area contributed by atoms with Crippen molar-refractivity contribution in [2.24, 2.45) is 0 Å². The zero-order valence-corrected chi connectivity index (χ0v) is 11.0. The van der Waals surface area contributed by atoms with Crippen LogP contribution in [0.5, 0.6) is 0 Å². The third-order valence-corrected chi connectivity index (χ3v) is 3.66. The van der Waals surface area contributed by atoms with Gasteiger partial charge in [-0.1, -0.05) is 12.1 Å². The number of aromatic nitrogens is 1. The van der Waals surface area contributed by atoms with E-state index in [4.69, 9.17) is 5.26 Å². The fourth-order valence-corrected chi connectivity index (χ4v) is 2.75. The quantitative estimate of drug-likeness (QED) is 0.836. The summed E-state index contributed by atoms with van der Waals surface area (Å²) in [5.41, 5.74) is 1.56. The average molecular weight is 267 g/mol. The minimum atomic E-state index is -0.215. The highest BCUT2D eigenvalue weighted by atomic mass is 19.1. The van der Waals surface area contributed by atoms with Gasteiger partial charge in [0.05, 0.1) is 17.7 Å². The minimum Gasteiger partial charge on any atom is -0.350 e. The molecular weight excluding hydrogens is 253 g/mol. The van der Waals surface area contributed by atoms with Gasteiger partial charge in [-0.3, -0.25) is 0 Å². The number of anilines is 1. The van der Waals surface area contributed by atoms with Gasteiger partial charge in [0.15, 0.2) is 0 Å². The van der Waals surface area contributed by atoms with Gasteiger partial charge >= 0.3 is 0 Å². The highest BCUT2D eigenvalue weighted by molar-refractivity contribution is 5.48. The molecule has 1 aliphatic rings. The van der Waals surface area contributed by atoms with E-state index in [9.17, 15) is 4.39 Å². The molecule has 1 saturated heterocycles. The number of nitriles is 1. The van der Waals surface area contributed by atoms with E-state index < -0.39 is 0 Å². The summed E-state index contributed by atoms with van der Waals surface area (Å²) in [6.07, 6.45) is 3.66. The van der Waals surface area contributed by atoms with Gasteiger partial charge in [0, 0.05) is 12.7 Å². The molecule has 0 bridgehead atoms. The summed E-state index contributed by atoms with van der Waals surface area (Å²) < 4.78 is 13.4. The minimum absolute atomic E-state index is 0.132. The molecule has 2 heterocycles. The van der Waals surface area contributed by atoms with E-state index in [1.165, 1.54) is 6.07 Å². The Hall–Kier alpha value is -2.41. The van der Waals surface area contributed by atoms with Crippen molar-refractivity contribution in [1.29, 1.82) is 5.26 Å². The third kappa shape index (κ3) is 2.35. The van der Waals surface area contributed by atoms with Crippen molar-refractivity contribution in [3.63, 3.8) is 0 Å². The van der Waals surface area contributed by atoms with Gasteiger partial charge in [-0.05, 0) is 42.7 Å². The van der Waals surface area contributed by atoms with Crippen LogP contribution in [0.2, 0.25) is 0 Å². The Bertz CT molecular complexity index is 663. The van der Waals surface area contributed by atoms with E-state index in [2.05, 4.69) is 16.0 Å². The number of rotatable bonds is 2. The molecule has 1 unspecified atom stereocenters. The highest BCUT2D eigenvalue weighted by Crippen LogP contribution is 2.35. The lowest BCUT2D eigenvalue weighted by molar-refractivity contribution is 0.618. The molecule has 4 heteroatoms. The predicted octanol–water partition coefficient (Wildman–Crippen LogP) is 3.43. The molecule has 1 aromatic heterocycles. The molecule has 0 radical (unpaired) electrons. The summed E-state index contributed by atoms with van der Waals surface area (Å²) in [4.78, 5) is 6.50. The Kier molecular flexibility index (Phi) is 3.34. The van der Waals surface area contributed by atoms with Crippen LogP contribution in [0, 0.1) is 17.1 Å². The zero-order chi connectivity index (χ0) is 13.9. The van der Waals surface area contributed by atoms with E-state index in [1.807, 2.05) is 6.07 Å². The van der Waals surface area contributed by atoms with Crippen molar-refractivity contribution in [2.75, 3.05) is 11.4 Å². The molecular formula is C16H14FN3. The molecule has 3 rings (SSSR count). The van der Waals surface area contributed by atoms with Gasteiger partial charge in [0.1, 0.15) is 11.6 Å². The normalized spacial score (nSPS) is 18.0. The number of halogens is 1. The summed E-state index contributed by atoms with van der Waals surface area (Å²) >= 11 is 0. The second kappa shape index (κ2) is 5.30. The van der Waals surface area contributed by atoms with Crippen LogP contribution in [0.15, 0.2) is 42.6 Å². The van der Waals surface area contributed by atoms with Crippen molar-refractivity contribution >= 4 is 5.82 Å². The zero-order valence-electron chi connectivity index (χ0n) is 11.0. The fraction of sp³-hybridized carbons (Fsp3) is 0.250. The Morgan fingerprint density at radius 3 is 3.00 bits per heavy atom. The molecule has 1 atom stereocenters. The molecule has 0 saturated carbocycles. The smallest absolute Gasteiger partial charge is 0.130 e. The lowest BCUT2D eigenvalue weighted by Gasteiger charge is -2.26. The largest absolute Gasteiger partial charge is 0.350 e. The maximum atomic E-state index is 13.4. The summed E-state index contributed by atoms with van der Waals surface area (Å²) in [5.74, 6) is 0.573. The third-order valence-electron chi connectivity index (χ3n) is 3.66. The number of nitrogens with zero attached hydrogens (tertiary/aromatic N) is 3. The molecule has 1 aliphatic heterocycles. The molecule has 20 heavy (non-hydrogen) atoms. The van der Waals surface area contributed by atoms with Gasteiger partial charge in [0.2, 0.25) is 0 Å². The van der Waals surface area contributed by atoms with Crippen LogP contribution in [0.25, 0.3) is 0 Å². The molecule has 1 aromatic carbocycles. The first-order valence-corrected chi connectivity index (χ1v) is 6.66. The number of hydrogen-bond donors (Lipinski definition) is 0. The number of pyridine rings is 1. The molecule has 0 aliphatic carbocycles. The maximum absolute atomic E-state index is 13.4. The molecule has 0 N–H and O–H groups in total. The first kappa shape index (κ1) is 12.6. The van der Waals surface area contributed by atoms with E-state index in [0.717, 1.165) is 30.8 Å². The average Bonchev–Trinajstić information content (AvgIpc) is 2.97. The number of hydrogen-bond acceptors (Lipinski definition) is 3. The van der Waals surface area contributed by atoms with Crippen molar-refractivity contribution in [3.05, 3.63) is 59.5 Å². The molecule has 3 nitrogen and oxygen atoms in total. The molecule has 0 spiro atoms. The Morgan fingerprint density at radius 2 is 2.20 bits per heavy atom. The lowest BCUT2D eigenvalue weighted by atomic mass is 10.0. The molecule has 0 amide bonds. The van der Waals surface area contributed by atoms with Gasteiger partial charge in [-0.25, -0.2) is 9.37 Å². The first-order chi connectivity index (χ1) is 9.78. The predicted molar refractivity (Wildman–Crippen MR) is 74.7 cm³/mol. The standard InChI is InChI=1S/C16H14FN3/c17-14-4-1-3-13(10-14)15-5-2-8-20(15)16-9-12(11-18)6-7-19-16/h1,3-4,6-7,9-10,15H,2,5,8H2. The lowest BCUT2D eigenvalue weighted by Crippen LogP contribution is -2.23. The Labute approximate surface area is 117 Å². The van der Waals surface area contributed by atoms with Crippen LogP contribution in [0.4, 0.5) is 10.2 Å². The van der Waals surface area contributed by atoms with Crippen LogP contribution < -0.4 is 4.90 Å². The topological polar surface area (TPSA) is 39.9 Å². The van der Waals surface area contributed by atoms with Gasteiger partial charge < -0.3 is 4.90 Å². The van der Waals surface area contributed by atoms with Crippen molar-refractivity contribution in [2.45, 2.75) is 18.9 Å². The summed E-state index contributed by atoms with van der Waals surface area (Å²) in [6, 6.07) is 12.5. The first-order valence-electron chi connectivity index (χ1n) is 6.66. The molecule has 1 fully saturated rings. The second-order valence-corrected chi connectivity index (χ2v) is 4.92. The van der Waals surface area contributed by atoms with Crippen LogP contribution in [-0.4, -0.2) is 11.5 Å². The Morgan fingerprint density at radius 1 is 1.30 bits per heavy atom. The summed E-state index contributed by atoms with van der Waals surface area (Å²) in [7, 11) is 0. The second-order valence-electron chi connectivity index (χ2n) is 4.92. The van der Waals surface area contributed by atoms with Crippen LogP contribution >= 0.6 is 0 Å².